The van der Waals surface area contributed by atoms with Gasteiger partial charge in [0.2, 0.25) is 0 Å². The Hall–Kier alpha value is -2.05. The third-order valence-corrected chi connectivity index (χ3v) is 3.20. The minimum atomic E-state index is -1.30. The van der Waals surface area contributed by atoms with Crippen LogP contribution in [0.25, 0.3) is 0 Å². The fourth-order valence-corrected chi connectivity index (χ4v) is 2.06. The first-order valence-corrected chi connectivity index (χ1v) is 6.87. The van der Waals surface area contributed by atoms with E-state index in [1.165, 1.54) is 19.1 Å². The molecule has 0 unspecified atom stereocenters. The molecule has 6 nitrogen and oxygen atoms in total. The number of carboxylic acids is 1. The second-order valence-corrected chi connectivity index (χ2v) is 4.82. The Morgan fingerprint density at radius 2 is 1.95 bits per heavy atom. The van der Waals surface area contributed by atoms with E-state index in [0.29, 0.717) is 0 Å². The molecule has 0 bridgehead atoms. The lowest BCUT2D eigenvalue weighted by Gasteiger charge is -2.06. The van der Waals surface area contributed by atoms with Gasteiger partial charge in [-0.2, -0.15) is 0 Å². The summed E-state index contributed by atoms with van der Waals surface area (Å²) in [6, 6.07) is 2.71. The molecule has 0 heterocycles. The smallest absolute Gasteiger partial charge is 0.343 e. The van der Waals surface area contributed by atoms with Crippen LogP contribution in [0.4, 0.5) is 5.69 Å². The van der Waals surface area contributed by atoms with Crippen molar-refractivity contribution in [1.82, 2.24) is 0 Å². The van der Waals surface area contributed by atoms with E-state index >= 15 is 0 Å². The first-order valence-electron chi connectivity index (χ1n) is 6.11. The lowest BCUT2D eigenvalue weighted by atomic mass is 10.2. The predicted molar refractivity (Wildman–Crippen MR) is 83.5 cm³/mol. The molecule has 0 saturated heterocycles. The summed E-state index contributed by atoms with van der Waals surface area (Å²) in [5.41, 5.74) is -0.364. The minimum absolute atomic E-state index is 0.0315. The Bertz CT molecular complexity index is 663. The predicted octanol–water partition coefficient (Wildman–Crippen LogP) is 3.79. The molecule has 0 aliphatic carbocycles. The number of hydrogen-bond acceptors (Lipinski definition) is 5. The summed E-state index contributed by atoms with van der Waals surface area (Å²) in [6.45, 7) is 3.05. The van der Waals surface area contributed by atoms with Crippen molar-refractivity contribution in [1.29, 1.82) is 0 Å². The topological polar surface area (TPSA) is 96.2 Å². The van der Waals surface area contributed by atoms with Gasteiger partial charge < -0.3 is 14.9 Å². The lowest BCUT2D eigenvalue weighted by Crippen LogP contribution is -2.10. The number of ether oxygens (including phenoxy) is 1. The highest BCUT2D eigenvalue weighted by Gasteiger charge is 2.17. The van der Waals surface area contributed by atoms with Crippen LogP contribution in [-0.2, 0) is 9.53 Å². The summed E-state index contributed by atoms with van der Waals surface area (Å²) < 4.78 is 4.77. The highest BCUT2D eigenvalue weighted by molar-refractivity contribution is 6.40. The number of carbonyl (C=O) groups is 2. The van der Waals surface area contributed by atoms with E-state index in [9.17, 15) is 14.7 Å². The average Bonchev–Trinajstić information content (AvgIpc) is 2.40. The maximum atomic E-state index is 11.6. The van der Waals surface area contributed by atoms with Crippen LogP contribution in [0.15, 0.2) is 28.5 Å². The number of halogens is 2. The summed E-state index contributed by atoms with van der Waals surface area (Å²) >= 11 is 11.7. The molecule has 0 aliphatic rings. The van der Waals surface area contributed by atoms with E-state index in [4.69, 9.17) is 33.0 Å². The van der Waals surface area contributed by atoms with E-state index in [1.807, 2.05) is 0 Å². The molecule has 0 amide bonds. The third kappa shape index (κ3) is 4.22. The van der Waals surface area contributed by atoms with Crippen molar-refractivity contribution in [3.8, 4) is 0 Å². The Kier molecular flexibility index (Phi) is 6.39. The Balaban J connectivity index is 3.24. The SMILES string of the molecule is CCOC(=O)C(C=Nc1ccc(Cl)c(C(=O)O)c1Cl)=C(C)O. The number of aliphatic imine (C=N–C) groups is 1. The van der Waals surface area contributed by atoms with Gasteiger partial charge in [0.15, 0.2) is 0 Å². The quantitative estimate of drug-likeness (QED) is 0.366. The van der Waals surface area contributed by atoms with Crippen molar-refractivity contribution >= 4 is 47.0 Å². The summed E-state index contributed by atoms with van der Waals surface area (Å²) in [4.78, 5) is 26.6. The molecule has 0 radical (unpaired) electrons. The molecule has 0 saturated carbocycles. The molecule has 0 spiro atoms. The standard InChI is InChI=1S/C14H13Cl2NO5/c1-3-22-14(21)8(7(2)18)6-17-10-5-4-9(15)11(12(10)16)13(19)20/h4-6,18H,3H2,1-2H3,(H,19,20). The maximum Gasteiger partial charge on any atom is 0.343 e. The van der Waals surface area contributed by atoms with Crippen LogP contribution in [0.5, 0.6) is 0 Å². The van der Waals surface area contributed by atoms with E-state index in [2.05, 4.69) is 4.99 Å². The normalized spacial score (nSPS) is 12.2. The number of carbonyl (C=O) groups excluding carboxylic acids is 1. The molecule has 0 atom stereocenters. The van der Waals surface area contributed by atoms with E-state index < -0.39 is 11.9 Å². The lowest BCUT2D eigenvalue weighted by molar-refractivity contribution is -0.138. The number of allylic oxidation sites excluding steroid dienone is 1. The number of hydrogen-bond donors (Lipinski definition) is 2. The third-order valence-electron chi connectivity index (χ3n) is 2.50. The zero-order valence-corrected chi connectivity index (χ0v) is 13.3. The van der Waals surface area contributed by atoms with Crippen LogP contribution in [0.1, 0.15) is 24.2 Å². The Morgan fingerprint density at radius 3 is 2.45 bits per heavy atom. The largest absolute Gasteiger partial charge is 0.512 e. The highest BCUT2D eigenvalue weighted by atomic mass is 35.5. The van der Waals surface area contributed by atoms with Crippen LogP contribution >= 0.6 is 23.2 Å². The molecule has 0 fully saturated rings. The zero-order valence-electron chi connectivity index (χ0n) is 11.8. The first-order chi connectivity index (χ1) is 10.3. The van der Waals surface area contributed by atoms with Crippen LogP contribution in [0.3, 0.4) is 0 Å². The number of aliphatic hydroxyl groups excluding tert-OH is 1. The van der Waals surface area contributed by atoms with Crippen LogP contribution < -0.4 is 0 Å². The van der Waals surface area contributed by atoms with Crippen LogP contribution in [-0.4, -0.2) is 35.0 Å². The number of nitrogens with zero attached hydrogens (tertiary/aromatic N) is 1. The van der Waals surface area contributed by atoms with Gasteiger partial charge in [0.25, 0.3) is 0 Å². The van der Waals surface area contributed by atoms with Gasteiger partial charge in [-0.15, -0.1) is 0 Å². The van der Waals surface area contributed by atoms with E-state index in [-0.39, 0.29) is 39.2 Å². The van der Waals surface area contributed by atoms with Crippen LogP contribution in [0.2, 0.25) is 10.0 Å². The molecule has 2 N–H and O–H groups in total. The number of rotatable bonds is 5. The van der Waals surface area contributed by atoms with Gasteiger partial charge in [0.1, 0.15) is 11.3 Å². The molecule has 22 heavy (non-hydrogen) atoms. The number of benzene rings is 1. The Labute approximate surface area is 136 Å². The molecular formula is C14H13Cl2NO5. The van der Waals surface area contributed by atoms with Crippen molar-refractivity contribution < 1.29 is 24.5 Å². The van der Waals surface area contributed by atoms with Crippen LogP contribution in [0, 0.1) is 0 Å². The molecule has 0 aromatic heterocycles. The van der Waals surface area contributed by atoms with Gasteiger partial charge in [0, 0.05) is 6.21 Å². The summed E-state index contributed by atoms with van der Waals surface area (Å²) in [5.74, 6) is -2.34. The molecule has 8 heteroatoms. The van der Waals surface area contributed by atoms with Crippen molar-refractivity contribution in [3.05, 3.63) is 39.1 Å². The van der Waals surface area contributed by atoms with E-state index in [1.54, 1.807) is 6.92 Å². The molecule has 0 aliphatic heterocycles. The van der Waals surface area contributed by atoms with Crippen molar-refractivity contribution in [3.63, 3.8) is 0 Å². The van der Waals surface area contributed by atoms with Crippen molar-refractivity contribution in [2.24, 2.45) is 4.99 Å². The van der Waals surface area contributed by atoms with Crippen molar-refractivity contribution in [2.45, 2.75) is 13.8 Å². The fourth-order valence-electron chi connectivity index (χ4n) is 1.47. The summed E-state index contributed by atoms with van der Waals surface area (Å²) in [6.07, 6.45) is 1.05. The van der Waals surface area contributed by atoms with Gasteiger partial charge in [-0.05, 0) is 26.0 Å². The van der Waals surface area contributed by atoms with Gasteiger partial charge in [-0.3, -0.25) is 4.99 Å². The molecule has 118 valence electrons. The second-order valence-electron chi connectivity index (χ2n) is 4.04. The fraction of sp³-hybridized carbons (Fsp3) is 0.214. The van der Waals surface area contributed by atoms with Crippen molar-refractivity contribution in [2.75, 3.05) is 6.61 Å². The summed E-state index contributed by atoms with van der Waals surface area (Å²) in [5, 5.41) is 18.3. The van der Waals surface area contributed by atoms with Gasteiger partial charge in [0.05, 0.1) is 27.9 Å². The van der Waals surface area contributed by atoms with Gasteiger partial charge >= 0.3 is 11.9 Å². The molecular weight excluding hydrogens is 333 g/mol. The van der Waals surface area contributed by atoms with Gasteiger partial charge in [-0.25, -0.2) is 9.59 Å². The van der Waals surface area contributed by atoms with Gasteiger partial charge in [-0.1, -0.05) is 23.2 Å². The number of carboxylic acid groups (broad SMARTS) is 1. The summed E-state index contributed by atoms with van der Waals surface area (Å²) in [7, 11) is 0. The number of aromatic carboxylic acids is 1. The Morgan fingerprint density at radius 1 is 1.32 bits per heavy atom. The highest BCUT2D eigenvalue weighted by Crippen LogP contribution is 2.33. The number of esters is 1. The minimum Gasteiger partial charge on any atom is -0.512 e. The molecule has 1 aromatic rings. The molecule has 1 aromatic carbocycles. The average molecular weight is 346 g/mol. The van der Waals surface area contributed by atoms with E-state index in [0.717, 1.165) is 6.21 Å². The second kappa shape index (κ2) is 7.82. The molecule has 1 rings (SSSR count). The maximum absolute atomic E-state index is 11.6. The monoisotopic (exact) mass is 345 g/mol. The first kappa shape index (κ1) is 18.0. The zero-order chi connectivity index (χ0) is 16.9. The number of aliphatic hydroxyl groups is 1.